The van der Waals surface area contributed by atoms with Crippen molar-refractivity contribution in [2.24, 2.45) is 0 Å². The quantitative estimate of drug-likeness (QED) is 0.0829. The fourth-order valence-electron chi connectivity index (χ4n) is 4.70. The van der Waals surface area contributed by atoms with E-state index in [4.69, 9.17) is 0 Å². The Morgan fingerprint density at radius 3 is 1.26 bits per heavy atom. The number of hydrogen-bond acceptors (Lipinski definition) is 0. The lowest BCUT2D eigenvalue weighted by molar-refractivity contribution is -0.925. The van der Waals surface area contributed by atoms with Crippen molar-refractivity contribution in [1.82, 2.24) is 0 Å². The highest BCUT2D eigenvalue weighted by atomic mass is 15.3. The van der Waals surface area contributed by atoms with Gasteiger partial charge in [-0.1, -0.05) is 127 Å². The average molecular weight is 481 g/mol. The van der Waals surface area contributed by atoms with Gasteiger partial charge in [-0.3, -0.25) is 0 Å². The molecule has 0 fully saturated rings. The molecule has 0 aliphatic carbocycles. The van der Waals surface area contributed by atoms with Crippen molar-refractivity contribution >= 4 is 0 Å². The van der Waals surface area contributed by atoms with Crippen LogP contribution in [0, 0.1) is 0 Å². The summed E-state index contributed by atoms with van der Waals surface area (Å²) < 4.78 is 1.09. The molecule has 1 nitrogen and oxygen atoms in total. The third-order valence-corrected chi connectivity index (χ3v) is 7.01. The molecule has 0 saturated carbocycles. The van der Waals surface area contributed by atoms with Gasteiger partial charge in [-0.15, -0.1) is 0 Å². The van der Waals surface area contributed by atoms with Crippen LogP contribution in [0.15, 0.2) is 66.8 Å². The Balaban J connectivity index is 2.86. The normalized spacial score (nSPS) is 12.5. The zero-order valence-electron chi connectivity index (χ0n) is 23.7. The number of quaternary nitrogens is 1. The molecule has 0 N–H and O–H groups in total. The second kappa shape index (κ2) is 22.8. The Kier molecular flexibility index (Phi) is 20.5. The summed E-state index contributed by atoms with van der Waals surface area (Å²) in [5.74, 6) is 0. The first-order valence-corrected chi connectivity index (χ1v) is 15.1. The van der Waals surface area contributed by atoms with Gasteiger partial charge in [-0.2, -0.15) is 0 Å². The third kappa shape index (κ3) is 17.5. The molecule has 0 bridgehead atoms. The van der Waals surface area contributed by atoms with Crippen LogP contribution >= 0.6 is 0 Å². The monoisotopic (exact) mass is 480 g/mol. The summed E-state index contributed by atoms with van der Waals surface area (Å²) in [5.41, 5.74) is 1.46. The van der Waals surface area contributed by atoms with Crippen molar-refractivity contribution in [3.05, 3.63) is 72.4 Å². The second-order valence-electron chi connectivity index (χ2n) is 10.5. The fourth-order valence-corrected chi connectivity index (χ4v) is 4.70. The third-order valence-electron chi connectivity index (χ3n) is 7.01. The van der Waals surface area contributed by atoms with Crippen LogP contribution in [0.2, 0.25) is 0 Å². The highest BCUT2D eigenvalue weighted by molar-refractivity contribution is 5.13. The van der Waals surface area contributed by atoms with E-state index in [1.54, 1.807) is 0 Å². The topological polar surface area (TPSA) is 0 Å². The van der Waals surface area contributed by atoms with Gasteiger partial charge in [0, 0.05) is 5.56 Å². The van der Waals surface area contributed by atoms with Crippen molar-refractivity contribution in [3.8, 4) is 0 Å². The van der Waals surface area contributed by atoms with E-state index >= 15 is 0 Å². The molecule has 0 amide bonds. The SMILES string of the molecule is CCCCCC/C=C\C[N+](C/C=C\CCCCCC)(C/C=C/CCCCCC)Cc1ccccc1. The molecule has 0 heterocycles. The van der Waals surface area contributed by atoms with Gasteiger partial charge < -0.3 is 4.48 Å². The maximum absolute atomic E-state index is 2.49. The Labute approximate surface area is 220 Å². The molecule has 198 valence electrons. The van der Waals surface area contributed by atoms with E-state index in [1.165, 1.54) is 102 Å². The Bertz CT molecular complexity index is 595. The van der Waals surface area contributed by atoms with E-state index in [0.717, 1.165) is 30.7 Å². The van der Waals surface area contributed by atoms with Gasteiger partial charge in [-0.25, -0.2) is 0 Å². The predicted octanol–water partition coefficient (Wildman–Crippen LogP) is 10.6. The first-order chi connectivity index (χ1) is 17.3. The van der Waals surface area contributed by atoms with Crippen molar-refractivity contribution < 1.29 is 4.48 Å². The molecule has 0 aliphatic rings. The Morgan fingerprint density at radius 2 is 0.886 bits per heavy atom. The molecule has 0 radical (unpaired) electrons. The summed E-state index contributed by atoms with van der Waals surface area (Å²) in [7, 11) is 0. The van der Waals surface area contributed by atoms with Gasteiger partial charge in [0.2, 0.25) is 0 Å². The minimum atomic E-state index is 1.09. The molecule has 0 atom stereocenters. The van der Waals surface area contributed by atoms with Gasteiger partial charge in [0.05, 0.1) is 19.6 Å². The van der Waals surface area contributed by atoms with Crippen molar-refractivity contribution in [2.75, 3.05) is 19.6 Å². The molecule has 1 aromatic carbocycles. The van der Waals surface area contributed by atoms with E-state index in [1.807, 2.05) is 0 Å². The predicted molar refractivity (Wildman–Crippen MR) is 159 cm³/mol. The van der Waals surface area contributed by atoms with Crippen LogP contribution in [0.4, 0.5) is 0 Å². The largest absolute Gasteiger partial charge is 0.310 e. The number of hydrogen-bond donors (Lipinski definition) is 0. The first-order valence-electron chi connectivity index (χ1n) is 15.1. The molecule has 35 heavy (non-hydrogen) atoms. The van der Waals surface area contributed by atoms with Crippen molar-refractivity contribution in [2.45, 2.75) is 124 Å². The average Bonchev–Trinajstić information content (AvgIpc) is 2.88. The number of allylic oxidation sites excluding steroid dienone is 3. The lowest BCUT2D eigenvalue weighted by Gasteiger charge is -2.36. The molecule has 1 rings (SSSR count). The van der Waals surface area contributed by atoms with Gasteiger partial charge in [0.1, 0.15) is 6.54 Å². The van der Waals surface area contributed by atoms with E-state index < -0.39 is 0 Å². The zero-order valence-corrected chi connectivity index (χ0v) is 23.7. The molecule has 0 aliphatic heterocycles. The summed E-state index contributed by atoms with van der Waals surface area (Å²) >= 11 is 0. The maximum atomic E-state index is 2.49. The van der Waals surface area contributed by atoms with E-state index in [0.29, 0.717) is 0 Å². The molecule has 0 aromatic heterocycles. The summed E-state index contributed by atoms with van der Waals surface area (Å²) in [4.78, 5) is 0. The molecule has 0 saturated heterocycles. The molecule has 0 unspecified atom stereocenters. The smallest absolute Gasteiger partial charge is 0.105 e. The number of rotatable bonds is 23. The summed E-state index contributed by atoms with van der Waals surface area (Å²) in [6.45, 7) is 11.3. The van der Waals surface area contributed by atoms with Gasteiger partial charge >= 0.3 is 0 Å². The lowest BCUT2D eigenvalue weighted by Crippen LogP contribution is -2.47. The van der Waals surface area contributed by atoms with Gasteiger partial charge in [0.15, 0.2) is 0 Å². The maximum Gasteiger partial charge on any atom is 0.105 e. The van der Waals surface area contributed by atoms with E-state index in [2.05, 4.69) is 87.6 Å². The van der Waals surface area contributed by atoms with Gasteiger partial charge in [-0.05, 0) is 56.8 Å². The second-order valence-corrected chi connectivity index (χ2v) is 10.5. The summed E-state index contributed by atoms with van der Waals surface area (Å²) in [5, 5.41) is 0. The zero-order chi connectivity index (χ0) is 25.3. The van der Waals surface area contributed by atoms with Gasteiger partial charge in [0.25, 0.3) is 0 Å². The van der Waals surface area contributed by atoms with Crippen LogP contribution in [0.25, 0.3) is 0 Å². The Hall–Kier alpha value is -1.60. The molecule has 1 aromatic rings. The van der Waals surface area contributed by atoms with Crippen LogP contribution < -0.4 is 0 Å². The van der Waals surface area contributed by atoms with Crippen LogP contribution in [-0.2, 0) is 6.54 Å². The first kappa shape index (κ1) is 31.4. The van der Waals surface area contributed by atoms with Crippen LogP contribution in [0.1, 0.15) is 123 Å². The Morgan fingerprint density at radius 1 is 0.486 bits per heavy atom. The fraction of sp³-hybridized carbons (Fsp3) is 0.647. The van der Waals surface area contributed by atoms with Crippen molar-refractivity contribution in [3.63, 3.8) is 0 Å². The summed E-state index contributed by atoms with van der Waals surface area (Å²) in [6.07, 6.45) is 34.7. The highest BCUT2D eigenvalue weighted by Gasteiger charge is 2.24. The number of nitrogens with zero attached hydrogens (tertiary/aromatic N) is 1. The summed E-state index contributed by atoms with van der Waals surface area (Å²) in [6, 6.07) is 11.1. The van der Waals surface area contributed by atoms with Crippen LogP contribution in [0.3, 0.4) is 0 Å². The minimum absolute atomic E-state index is 1.09. The lowest BCUT2D eigenvalue weighted by atomic mass is 10.1. The van der Waals surface area contributed by atoms with Crippen molar-refractivity contribution in [1.29, 1.82) is 0 Å². The molecule has 1 heteroatoms. The van der Waals surface area contributed by atoms with Crippen LogP contribution in [0.5, 0.6) is 0 Å². The minimum Gasteiger partial charge on any atom is -0.310 e. The molecular weight excluding hydrogens is 422 g/mol. The van der Waals surface area contributed by atoms with Crippen LogP contribution in [-0.4, -0.2) is 24.1 Å². The van der Waals surface area contributed by atoms with E-state index in [9.17, 15) is 0 Å². The highest BCUT2D eigenvalue weighted by Crippen LogP contribution is 2.17. The number of unbranched alkanes of at least 4 members (excludes halogenated alkanes) is 12. The number of benzene rings is 1. The van der Waals surface area contributed by atoms with E-state index in [-0.39, 0.29) is 0 Å². The molecular formula is C34H58N+. The standard InChI is InChI=1S/C34H58N/c1-4-7-10-13-16-19-25-30-35(33-34-28-23-22-24-29-34,31-26-20-17-14-11-8-5-2)32-27-21-18-15-12-9-6-3/h19-29H,4-18,30-33H2,1-3H3/q+1/b25-19-,26-20-,27-21+. The molecule has 0 spiro atoms.